The lowest BCUT2D eigenvalue weighted by molar-refractivity contribution is -0.384. The average molecular weight is 513 g/mol. The third-order valence-electron chi connectivity index (χ3n) is 4.73. The van der Waals surface area contributed by atoms with Gasteiger partial charge in [-0.2, -0.15) is 0 Å². The number of para-hydroxylation sites is 2. The van der Waals surface area contributed by atoms with Crippen molar-refractivity contribution in [2.45, 2.75) is 0 Å². The Morgan fingerprint density at radius 2 is 1.68 bits per heavy atom. The molecule has 3 aromatic rings. The van der Waals surface area contributed by atoms with Gasteiger partial charge < -0.3 is 9.47 Å². The molecule has 7 nitrogen and oxygen atoms in total. The van der Waals surface area contributed by atoms with E-state index >= 15 is 0 Å². The Kier molecular flexibility index (Phi) is 7.46. The minimum absolute atomic E-state index is 0.121. The Hall–Kier alpha value is -3.40. The van der Waals surface area contributed by atoms with Crippen molar-refractivity contribution < 1.29 is 19.2 Å². The van der Waals surface area contributed by atoms with Gasteiger partial charge in [0.25, 0.3) is 11.6 Å². The highest BCUT2D eigenvalue weighted by atomic mass is 35.5. The quantitative estimate of drug-likeness (QED) is 0.118. The Morgan fingerprint density at radius 1 is 1.00 bits per heavy atom. The SMILES string of the molecule is O=C1/C(=C/c2cc([N+](=O)[O-])ccc2OCCOc2ccccc2Cl)SC(=S)N1c1ccccc1. The first-order chi connectivity index (χ1) is 16.4. The molecule has 0 saturated carbocycles. The molecule has 34 heavy (non-hydrogen) atoms. The molecule has 1 fully saturated rings. The van der Waals surface area contributed by atoms with Gasteiger partial charge in [-0.05, 0) is 36.4 Å². The van der Waals surface area contributed by atoms with Crippen LogP contribution in [-0.2, 0) is 4.79 Å². The second-order valence-corrected chi connectivity index (χ2v) is 9.04. The van der Waals surface area contributed by atoms with Gasteiger partial charge in [-0.3, -0.25) is 19.8 Å². The maximum Gasteiger partial charge on any atom is 0.270 e. The number of thioether (sulfide) groups is 1. The summed E-state index contributed by atoms with van der Waals surface area (Å²) in [5, 5.41) is 11.8. The Bertz CT molecular complexity index is 1280. The van der Waals surface area contributed by atoms with Crippen LogP contribution in [0.4, 0.5) is 11.4 Å². The summed E-state index contributed by atoms with van der Waals surface area (Å²) in [7, 11) is 0. The number of nitro benzene ring substituents is 1. The molecule has 172 valence electrons. The molecule has 0 spiro atoms. The van der Waals surface area contributed by atoms with E-state index in [1.165, 1.54) is 23.1 Å². The van der Waals surface area contributed by atoms with Crippen molar-refractivity contribution in [1.82, 2.24) is 0 Å². The molecule has 0 atom stereocenters. The highest BCUT2D eigenvalue weighted by Gasteiger charge is 2.33. The topological polar surface area (TPSA) is 81.9 Å². The highest BCUT2D eigenvalue weighted by molar-refractivity contribution is 8.27. The van der Waals surface area contributed by atoms with E-state index in [2.05, 4.69) is 0 Å². The Balaban J connectivity index is 1.54. The van der Waals surface area contributed by atoms with Crippen molar-refractivity contribution in [3.8, 4) is 11.5 Å². The van der Waals surface area contributed by atoms with Crippen molar-refractivity contribution >= 4 is 63.3 Å². The van der Waals surface area contributed by atoms with E-state index in [9.17, 15) is 14.9 Å². The van der Waals surface area contributed by atoms with Gasteiger partial charge in [0.15, 0.2) is 4.32 Å². The fourth-order valence-electron chi connectivity index (χ4n) is 3.17. The normalized spacial score (nSPS) is 14.5. The molecule has 1 aliphatic rings. The number of nitro groups is 1. The lowest BCUT2D eigenvalue weighted by Gasteiger charge is -2.14. The van der Waals surface area contributed by atoms with Crippen molar-refractivity contribution in [2.24, 2.45) is 0 Å². The monoisotopic (exact) mass is 512 g/mol. The number of benzene rings is 3. The van der Waals surface area contributed by atoms with Gasteiger partial charge in [-0.25, -0.2) is 0 Å². The summed E-state index contributed by atoms with van der Waals surface area (Å²) in [5.74, 6) is 0.598. The number of thiocarbonyl (C=S) groups is 1. The molecular weight excluding hydrogens is 496 g/mol. The van der Waals surface area contributed by atoms with Crippen LogP contribution < -0.4 is 14.4 Å². The number of rotatable bonds is 8. The van der Waals surface area contributed by atoms with Gasteiger partial charge in [0.05, 0.1) is 20.5 Å². The Morgan fingerprint density at radius 3 is 2.38 bits per heavy atom. The minimum Gasteiger partial charge on any atom is -0.489 e. The van der Waals surface area contributed by atoms with Crippen LogP contribution in [0.25, 0.3) is 6.08 Å². The molecule has 0 unspecified atom stereocenters. The molecule has 0 bridgehead atoms. The van der Waals surface area contributed by atoms with E-state index in [1.54, 1.807) is 36.4 Å². The van der Waals surface area contributed by atoms with Crippen LogP contribution in [0.15, 0.2) is 77.7 Å². The van der Waals surface area contributed by atoms with Gasteiger partial charge in [0.2, 0.25) is 0 Å². The minimum atomic E-state index is -0.503. The van der Waals surface area contributed by atoms with Crippen molar-refractivity contribution in [3.63, 3.8) is 0 Å². The highest BCUT2D eigenvalue weighted by Crippen LogP contribution is 2.37. The van der Waals surface area contributed by atoms with Gasteiger partial charge in [-0.1, -0.05) is 65.9 Å². The van der Waals surface area contributed by atoms with Gasteiger partial charge in [0.1, 0.15) is 24.7 Å². The van der Waals surface area contributed by atoms with E-state index < -0.39 is 4.92 Å². The second-order valence-electron chi connectivity index (χ2n) is 6.96. The second kappa shape index (κ2) is 10.7. The first kappa shape index (κ1) is 23.7. The van der Waals surface area contributed by atoms with Crippen LogP contribution in [-0.4, -0.2) is 28.4 Å². The van der Waals surface area contributed by atoms with Gasteiger partial charge >= 0.3 is 0 Å². The lowest BCUT2D eigenvalue weighted by Crippen LogP contribution is -2.27. The van der Waals surface area contributed by atoms with E-state index in [0.717, 1.165) is 11.8 Å². The molecule has 0 aliphatic carbocycles. The fraction of sp³-hybridized carbons (Fsp3) is 0.0833. The molecule has 1 heterocycles. The molecule has 1 saturated heterocycles. The van der Waals surface area contributed by atoms with Crippen molar-refractivity contribution in [2.75, 3.05) is 18.1 Å². The van der Waals surface area contributed by atoms with Crippen molar-refractivity contribution in [3.05, 3.63) is 98.4 Å². The van der Waals surface area contributed by atoms with E-state index in [1.807, 2.05) is 24.3 Å². The number of ether oxygens (including phenoxy) is 2. The third kappa shape index (κ3) is 5.39. The van der Waals surface area contributed by atoms with Crippen molar-refractivity contribution in [1.29, 1.82) is 0 Å². The smallest absolute Gasteiger partial charge is 0.270 e. The van der Waals surface area contributed by atoms with Crippen LogP contribution in [0.3, 0.4) is 0 Å². The molecule has 3 aromatic carbocycles. The van der Waals surface area contributed by atoms with E-state index in [-0.39, 0.29) is 24.8 Å². The summed E-state index contributed by atoms with van der Waals surface area (Å²) in [5.41, 5.74) is 0.922. The van der Waals surface area contributed by atoms with Gasteiger partial charge in [-0.15, -0.1) is 0 Å². The molecule has 4 rings (SSSR count). The molecule has 0 aromatic heterocycles. The van der Waals surface area contributed by atoms with Crippen LogP contribution in [0.1, 0.15) is 5.56 Å². The number of carbonyl (C=O) groups is 1. The number of hydrogen-bond donors (Lipinski definition) is 0. The summed E-state index contributed by atoms with van der Waals surface area (Å²) in [6.07, 6.45) is 1.56. The molecule has 0 radical (unpaired) electrons. The van der Waals surface area contributed by atoms with Gasteiger partial charge in [0, 0.05) is 17.7 Å². The summed E-state index contributed by atoms with van der Waals surface area (Å²) >= 11 is 12.6. The maximum absolute atomic E-state index is 13.0. The number of amides is 1. The number of halogens is 1. The van der Waals surface area contributed by atoms with Crippen LogP contribution in [0, 0.1) is 10.1 Å². The summed E-state index contributed by atoms with van der Waals surface area (Å²) < 4.78 is 11.8. The van der Waals surface area contributed by atoms with Crippen LogP contribution in [0.2, 0.25) is 5.02 Å². The first-order valence-corrected chi connectivity index (χ1v) is 11.7. The lowest BCUT2D eigenvalue weighted by atomic mass is 10.1. The van der Waals surface area contributed by atoms with E-state index in [0.29, 0.717) is 37.0 Å². The molecule has 1 amide bonds. The van der Waals surface area contributed by atoms with Crippen LogP contribution in [0.5, 0.6) is 11.5 Å². The van der Waals surface area contributed by atoms with Crippen LogP contribution >= 0.6 is 35.6 Å². The number of nitrogens with zero attached hydrogens (tertiary/aromatic N) is 2. The zero-order valence-electron chi connectivity index (χ0n) is 17.5. The zero-order chi connectivity index (χ0) is 24.1. The number of anilines is 1. The average Bonchev–Trinajstić information content (AvgIpc) is 3.11. The maximum atomic E-state index is 13.0. The Labute approximate surface area is 210 Å². The third-order valence-corrected chi connectivity index (χ3v) is 6.35. The predicted molar refractivity (Wildman–Crippen MR) is 138 cm³/mol. The number of non-ortho nitro benzene ring substituents is 1. The van der Waals surface area contributed by atoms with E-state index in [4.69, 9.17) is 33.3 Å². The molecule has 10 heteroatoms. The molecule has 1 aliphatic heterocycles. The predicted octanol–water partition coefficient (Wildman–Crippen LogP) is 6.11. The summed E-state index contributed by atoms with van der Waals surface area (Å²) in [4.78, 5) is 25.6. The largest absolute Gasteiger partial charge is 0.489 e. The molecular formula is C24H17ClN2O5S2. The summed E-state index contributed by atoms with van der Waals surface area (Å²) in [6, 6.07) is 20.3. The summed E-state index contributed by atoms with van der Waals surface area (Å²) in [6.45, 7) is 0.366. The fourth-order valence-corrected chi connectivity index (χ4v) is 4.65. The standard InChI is InChI=1S/C24H17ClN2O5S2/c25-19-8-4-5-9-21(19)32-13-12-31-20-11-10-18(27(29)30)14-16(20)15-22-23(28)26(24(33)34-22)17-6-2-1-3-7-17/h1-11,14-15H,12-13H2/b22-15-. The molecule has 0 N–H and O–H groups in total. The first-order valence-electron chi connectivity index (χ1n) is 10.1. The number of carbonyl (C=O) groups excluding carboxylic acids is 1. The zero-order valence-corrected chi connectivity index (χ0v) is 19.9. The number of hydrogen-bond acceptors (Lipinski definition) is 7.